The van der Waals surface area contributed by atoms with Gasteiger partial charge < -0.3 is 10.2 Å². The number of benzene rings is 1. The minimum atomic E-state index is -0.440. The standard InChI is InChI=1S/C18H25N3O3/c1-14(2)20-11-9-16(10-12-20)13-19-18(22)8-5-15-3-6-17(7-4-15)21(23)24/h3-8,14,16H,9-13H2,1-2H3,(H,19,22)/b8-5+. The SMILES string of the molecule is CC(C)N1CCC(CNC(=O)/C=C/c2ccc([N+](=O)[O-])cc2)CC1. The Labute approximate surface area is 142 Å². The van der Waals surface area contributed by atoms with Gasteiger partial charge >= 0.3 is 0 Å². The molecule has 1 aliphatic heterocycles. The lowest BCUT2D eigenvalue weighted by Crippen LogP contribution is -2.41. The van der Waals surface area contributed by atoms with E-state index in [4.69, 9.17) is 0 Å². The van der Waals surface area contributed by atoms with Crippen LogP contribution in [0.2, 0.25) is 0 Å². The molecule has 130 valence electrons. The maximum Gasteiger partial charge on any atom is 0.269 e. The molecule has 1 fully saturated rings. The molecule has 0 bridgehead atoms. The van der Waals surface area contributed by atoms with Gasteiger partial charge in [0.05, 0.1) is 4.92 Å². The second kappa shape index (κ2) is 8.59. The molecule has 1 aliphatic rings. The number of nitro benzene ring substituents is 1. The smallest absolute Gasteiger partial charge is 0.269 e. The van der Waals surface area contributed by atoms with Crippen LogP contribution in [0.25, 0.3) is 6.08 Å². The monoisotopic (exact) mass is 331 g/mol. The average molecular weight is 331 g/mol. The number of nitro groups is 1. The molecule has 0 aliphatic carbocycles. The summed E-state index contributed by atoms with van der Waals surface area (Å²) in [6, 6.07) is 6.71. The molecule has 0 saturated carbocycles. The molecule has 1 N–H and O–H groups in total. The number of piperidine rings is 1. The predicted molar refractivity (Wildman–Crippen MR) is 94.6 cm³/mol. The topological polar surface area (TPSA) is 75.5 Å². The molecule has 1 saturated heterocycles. The van der Waals surface area contributed by atoms with Crippen molar-refractivity contribution in [3.8, 4) is 0 Å². The van der Waals surface area contributed by atoms with Gasteiger partial charge in [0.1, 0.15) is 0 Å². The van der Waals surface area contributed by atoms with Gasteiger partial charge in [-0.05, 0) is 69.5 Å². The summed E-state index contributed by atoms with van der Waals surface area (Å²) >= 11 is 0. The van der Waals surface area contributed by atoms with Crippen LogP contribution in [0.5, 0.6) is 0 Å². The van der Waals surface area contributed by atoms with Crippen molar-refractivity contribution in [1.82, 2.24) is 10.2 Å². The van der Waals surface area contributed by atoms with Crippen LogP contribution in [0, 0.1) is 16.0 Å². The Bertz CT molecular complexity index is 588. The van der Waals surface area contributed by atoms with Gasteiger partial charge in [0.15, 0.2) is 0 Å². The van der Waals surface area contributed by atoms with Crippen LogP contribution in [0.3, 0.4) is 0 Å². The highest BCUT2D eigenvalue weighted by Gasteiger charge is 2.20. The van der Waals surface area contributed by atoms with Crippen molar-refractivity contribution in [2.45, 2.75) is 32.7 Å². The number of nitrogens with zero attached hydrogens (tertiary/aromatic N) is 2. The molecule has 1 aromatic carbocycles. The molecule has 24 heavy (non-hydrogen) atoms. The van der Waals surface area contributed by atoms with E-state index in [-0.39, 0.29) is 11.6 Å². The summed E-state index contributed by atoms with van der Waals surface area (Å²) in [7, 11) is 0. The van der Waals surface area contributed by atoms with Gasteiger partial charge in [-0.2, -0.15) is 0 Å². The van der Waals surface area contributed by atoms with E-state index in [2.05, 4.69) is 24.1 Å². The number of hydrogen-bond donors (Lipinski definition) is 1. The maximum atomic E-state index is 11.9. The fourth-order valence-electron chi connectivity index (χ4n) is 2.86. The summed E-state index contributed by atoms with van der Waals surface area (Å²) in [5.74, 6) is 0.413. The van der Waals surface area contributed by atoms with Crippen molar-refractivity contribution in [1.29, 1.82) is 0 Å². The number of rotatable bonds is 6. The molecule has 0 unspecified atom stereocenters. The Morgan fingerprint density at radius 1 is 1.33 bits per heavy atom. The van der Waals surface area contributed by atoms with Crippen molar-refractivity contribution in [3.63, 3.8) is 0 Å². The third-order valence-electron chi connectivity index (χ3n) is 4.48. The number of likely N-dealkylation sites (tertiary alicyclic amines) is 1. The van der Waals surface area contributed by atoms with Gasteiger partial charge in [-0.25, -0.2) is 0 Å². The molecule has 1 aromatic rings. The molecular weight excluding hydrogens is 306 g/mol. The van der Waals surface area contributed by atoms with Crippen LogP contribution in [-0.4, -0.2) is 41.4 Å². The fourth-order valence-corrected chi connectivity index (χ4v) is 2.86. The van der Waals surface area contributed by atoms with Crippen LogP contribution in [0.15, 0.2) is 30.3 Å². The first kappa shape index (κ1) is 18.1. The van der Waals surface area contributed by atoms with Crippen molar-refractivity contribution in [2.24, 2.45) is 5.92 Å². The minimum absolute atomic E-state index is 0.0457. The summed E-state index contributed by atoms with van der Waals surface area (Å²) in [4.78, 5) is 24.5. The zero-order valence-electron chi connectivity index (χ0n) is 14.3. The van der Waals surface area contributed by atoms with E-state index in [0.717, 1.165) is 31.5 Å². The zero-order chi connectivity index (χ0) is 17.5. The quantitative estimate of drug-likeness (QED) is 0.494. The van der Waals surface area contributed by atoms with Crippen LogP contribution in [0.4, 0.5) is 5.69 Å². The summed E-state index contributed by atoms with van der Waals surface area (Å²) in [6.07, 6.45) is 5.37. The van der Waals surface area contributed by atoms with E-state index in [9.17, 15) is 14.9 Å². The van der Waals surface area contributed by atoms with Gasteiger partial charge in [0, 0.05) is 30.8 Å². The average Bonchev–Trinajstić information content (AvgIpc) is 2.58. The minimum Gasteiger partial charge on any atom is -0.352 e. The van der Waals surface area contributed by atoms with Gasteiger partial charge in [-0.1, -0.05) is 0 Å². The lowest BCUT2D eigenvalue weighted by atomic mass is 9.96. The number of carbonyl (C=O) groups is 1. The first-order valence-electron chi connectivity index (χ1n) is 8.40. The number of non-ortho nitro benzene ring substituents is 1. The molecule has 0 spiro atoms. The lowest BCUT2D eigenvalue weighted by molar-refractivity contribution is -0.384. The van der Waals surface area contributed by atoms with E-state index >= 15 is 0 Å². The summed E-state index contributed by atoms with van der Waals surface area (Å²) in [5, 5.41) is 13.5. The normalized spacial score (nSPS) is 16.6. The lowest BCUT2D eigenvalue weighted by Gasteiger charge is -2.34. The van der Waals surface area contributed by atoms with Crippen LogP contribution in [0.1, 0.15) is 32.3 Å². The molecule has 1 amide bonds. The molecular formula is C18H25N3O3. The first-order chi connectivity index (χ1) is 11.5. The number of carbonyl (C=O) groups excluding carboxylic acids is 1. The summed E-state index contributed by atoms with van der Waals surface area (Å²) in [5.41, 5.74) is 0.810. The van der Waals surface area contributed by atoms with E-state index < -0.39 is 4.92 Å². The predicted octanol–water partition coefficient (Wildman–Crippen LogP) is 2.84. The van der Waals surface area contributed by atoms with E-state index in [1.807, 2.05) is 0 Å². The number of amides is 1. The van der Waals surface area contributed by atoms with Crippen LogP contribution >= 0.6 is 0 Å². The zero-order valence-corrected chi connectivity index (χ0v) is 14.3. The first-order valence-corrected chi connectivity index (χ1v) is 8.40. The Balaban J connectivity index is 1.74. The highest BCUT2D eigenvalue weighted by atomic mass is 16.6. The van der Waals surface area contributed by atoms with E-state index in [0.29, 0.717) is 18.5 Å². The van der Waals surface area contributed by atoms with Gasteiger partial charge in [0.25, 0.3) is 5.69 Å². The molecule has 0 atom stereocenters. The Kier molecular flexibility index (Phi) is 6.49. The second-order valence-corrected chi connectivity index (χ2v) is 6.50. The molecule has 2 rings (SSSR count). The van der Waals surface area contributed by atoms with Gasteiger partial charge in [-0.3, -0.25) is 14.9 Å². The van der Waals surface area contributed by atoms with Gasteiger partial charge in [-0.15, -0.1) is 0 Å². The highest BCUT2D eigenvalue weighted by molar-refractivity contribution is 5.91. The molecule has 6 nitrogen and oxygen atoms in total. The summed E-state index contributed by atoms with van der Waals surface area (Å²) in [6.45, 7) is 7.32. The van der Waals surface area contributed by atoms with Crippen molar-refractivity contribution in [2.75, 3.05) is 19.6 Å². The Morgan fingerprint density at radius 3 is 2.50 bits per heavy atom. The Hall–Kier alpha value is -2.21. The molecule has 6 heteroatoms. The van der Waals surface area contributed by atoms with Crippen LogP contribution < -0.4 is 5.32 Å². The third kappa shape index (κ3) is 5.45. The Morgan fingerprint density at radius 2 is 1.96 bits per heavy atom. The number of nitrogens with one attached hydrogen (secondary N) is 1. The fraction of sp³-hybridized carbons (Fsp3) is 0.500. The second-order valence-electron chi connectivity index (χ2n) is 6.50. The third-order valence-corrected chi connectivity index (χ3v) is 4.48. The summed E-state index contributed by atoms with van der Waals surface area (Å²) < 4.78 is 0. The van der Waals surface area contributed by atoms with E-state index in [1.165, 1.54) is 18.2 Å². The molecule has 0 aromatic heterocycles. The largest absolute Gasteiger partial charge is 0.352 e. The molecule has 0 radical (unpaired) electrons. The maximum absolute atomic E-state index is 11.9. The van der Waals surface area contributed by atoms with E-state index in [1.54, 1.807) is 18.2 Å². The van der Waals surface area contributed by atoms with Crippen molar-refractivity contribution in [3.05, 3.63) is 46.0 Å². The van der Waals surface area contributed by atoms with Gasteiger partial charge in [0.2, 0.25) is 5.91 Å². The number of hydrogen-bond acceptors (Lipinski definition) is 4. The van der Waals surface area contributed by atoms with Crippen LogP contribution in [-0.2, 0) is 4.79 Å². The van der Waals surface area contributed by atoms with Crippen molar-refractivity contribution < 1.29 is 9.72 Å². The van der Waals surface area contributed by atoms with Crippen molar-refractivity contribution >= 4 is 17.7 Å². The highest BCUT2D eigenvalue weighted by Crippen LogP contribution is 2.18. The molecule has 1 heterocycles.